The van der Waals surface area contributed by atoms with Gasteiger partial charge in [0.1, 0.15) is 5.01 Å². The lowest BCUT2D eigenvalue weighted by Crippen LogP contribution is -2.21. The number of carbonyl (C=O) groups is 1. The molecule has 4 nitrogen and oxygen atoms in total. The molecule has 0 spiro atoms. The van der Waals surface area contributed by atoms with Crippen LogP contribution in [-0.2, 0) is 4.79 Å². The Morgan fingerprint density at radius 3 is 2.63 bits per heavy atom. The van der Waals surface area contributed by atoms with Gasteiger partial charge in [-0.25, -0.2) is 0 Å². The Labute approximate surface area is 116 Å². The molecule has 5 heteroatoms. The van der Waals surface area contributed by atoms with Crippen LogP contribution in [0.4, 0.5) is 5.13 Å². The second kappa shape index (κ2) is 6.43. The normalized spacial score (nSPS) is 12.1. The van der Waals surface area contributed by atoms with E-state index in [0.29, 0.717) is 5.13 Å². The van der Waals surface area contributed by atoms with Crippen LogP contribution in [-0.4, -0.2) is 16.1 Å². The van der Waals surface area contributed by atoms with Gasteiger partial charge >= 0.3 is 0 Å². The van der Waals surface area contributed by atoms with Crippen LogP contribution >= 0.6 is 11.3 Å². The Bertz CT molecular complexity index is 539. The quantitative estimate of drug-likeness (QED) is 0.910. The maximum absolute atomic E-state index is 12.3. The number of aromatic nitrogens is 2. The van der Waals surface area contributed by atoms with Crippen molar-refractivity contribution in [3.63, 3.8) is 0 Å². The first kappa shape index (κ1) is 13.7. The standard InChI is InChI=1S/C14H17N3OS/c1-3-7-12(11-8-5-4-6-9-11)13(18)15-14-17-16-10(2)19-14/h4-6,8-9,12H,3,7H2,1-2H3,(H,15,17,18). The summed E-state index contributed by atoms with van der Waals surface area (Å²) < 4.78 is 0. The molecule has 1 unspecified atom stereocenters. The van der Waals surface area contributed by atoms with Gasteiger partial charge in [0.2, 0.25) is 11.0 Å². The minimum Gasteiger partial charge on any atom is -0.300 e. The molecule has 0 aliphatic carbocycles. The van der Waals surface area contributed by atoms with Crippen molar-refractivity contribution in [1.82, 2.24) is 10.2 Å². The van der Waals surface area contributed by atoms with E-state index in [-0.39, 0.29) is 11.8 Å². The predicted molar refractivity (Wildman–Crippen MR) is 77.4 cm³/mol. The SMILES string of the molecule is CCCC(C(=O)Nc1nnc(C)s1)c1ccccc1. The van der Waals surface area contributed by atoms with E-state index < -0.39 is 0 Å². The highest BCUT2D eigenvalue weighted by atomic mass is 32.1. The second-order valence-electron chi connectivity index (χ2n) is 4.37. The van der Waals surface area contributed by atoms with Gasteiger partial charge in [-0.1, -0.05) is 55.0 Å². The molecule has 19 heavy (non-hydrogen) atoms. The van der Waals surface area contributed by atoms with Crippen LogP contribution in [0.15, 0.2) is 30.3 Å². The molecule has 1 atom stereocenters. The zero-order chi connectivity index (χ0) is 13.7. The maximum atomic E-state index is 12.3. The molecule has 100 valence electrons. The number of anilines is 1. The lowest BCUT2D eigenvalue weighted by molar-refractivity contribution is -0.117. The third-order valence-electron chi connectivity index (χ3n) is 2.85. The third kappa shape index (κ3) is 3.61. The lowest BCUT2D eigenvalue weighted by Gasteiger charge is -2.15. The molecular weight excluding hydrogens is 258 g/mol. The topological polar surface area (TPSA) is 54.9 Å². The summed E-state index contributed by atoms with van der Waals surface area (Å²) in [5.41, 5.74) is 1.04. The highest BCUT2D eigenvalue weighted by Crippen LogP contribution is 2.24. The Hall–Kier alpha value is -1.75. The van der Waals surface area contributed by atoms with Crippen molar-refractivity contribution in [1.29, 1.82) is 0 Å². The molecule has 0 saturated carbocycles. The van der Waals surface area contributed by atoms with Crippen molar-refractivity contribution in [3.8, 4) is 0 Å². The van der Waals surface area contributed by atoms with Crippen LogP contribution in [0, 0.1) is 6.92 Å². The van der Waals surface area contributed by atoms with Gasteiger partial charge in [-0.3, -0.25) is 10.1 Å². The minimum absolute atomic E-state index is 0.01000. The first-order chi connectivity index (χ1) is 9.20. The van der Waals surface area contributed by atoms with Crippen molar-refractivity contribution in [2.75, 3.05) is 5.32 Å². The highest BCUT2D eigenvalue weighted by molar-refractivity contribution is 7.15. The third-order valence-corrected chi connectivity index (χ3v) is 3.61. The Kier molecular flexibility index (Phi) is 4.63. The summed E-state index contributed by atoms with van der Waals surface area (Å²) in [5.74, 6) is -0.139. The monoisotopic (exact) mass is 275 g/mol. The van der Waals surface area contributed by atoms with Crippen LogP contribution in [0.2, 0.25) is 0 Å². The Morgan fingerprint density at radius 2 is 2.05 bits per heavy atom. The van der Waals surface area contributed by atoms with Gasteiger partial charge in [-0.05, 0) is 18.9 Å². The van der Waals surface area contributed by atoms with Crippen molar-refractivity contribution in [3.05, 3.63) is 40.9 Å². The number of hydrogen-bond donors (Lipinski definition) is 1. The molecule has 2 aromatic rings. The van der Waals surface area contributed by atoms with Crippen molar-refractivity contribution in [2.24, 2.45) is 0 Å². The number of hydrogen-bond acceptors (Lipinski definition) is 4. The average Bonchev–Trinajstić information content (AvgIpc) is 2.82. The summed E-state index contributed by atoms with van der Waals surface area (Å²) in [5, 5.41) is 12.1. The zero-order valence-electron chi connectivity index (χ0n) is 11.1. The molecule has 1 N–H and O–H groups in total. The van der Waals surface area contributed by atoms with Crippen molar-refractivity contribution >= 4 is 22.4 Å². The zero-order valence-corrected chi connectivity index (χ0v) is 11.9. The summed E-state index contributed by atoms with van der Waals surface area (Å²) in [6, 6.07) is 9.86. The van der Waals surface area contributed by atoms with Crippen LogP contribution < -0.4 is 5.32 Å². The molecule has 0 bridgehead atoms. The van der Waals surface area contributed by atoms with E-state index in [0.717, 1.165) is 23.4 Å². The Morgan fingerprint density at radius 1 is 1.32 bits per heavy atom. The van der Waals surface area contributed by atoms with Crippen LogP contribution in [0.1, 0.15) is 36.3 Å². The molecule has 1 heterocycles. The van der Waals surface area contributed by atoms with E-state index in [2.05, 4.69) is 22.4 Å². The molecule has 1 aromatic carbocycles. The van der Waals surface area contributed by atoms with Gasteiger partial charge in [0.05, 0.1) is 5.92 Å². The average molecular weight is 275 g/mol. The van der Waals surface area contributed by atoms with E-state index in [1.54, 1.807) is 0 Å². The number of aryl methyl sites for hydroxylation is 1. The van der Waals surface area contributed by atoms with Crippen LogP contribution in [0.5, 0.6) is 0 Å². The van der Waals surface area contributed by atoms with Crippen LogP contribution in [0.3, 0.4) is 0 Å². The first-order valence-electron chi connectivity index (χ1n) is 6.36. The summed E-state index contributed by atoms with van der Waals surface area (Å²) in [4.78, 5) is 12.3. The van der Waals surface area contributed by atoms with E-state index in [4.69, 9.17) is 0 Å². The first-order valence-corrected chi connectivity index (χ1v) is 7.18. The maximum Gasteiger partial charge on any atom is 0.233 e. The number of carbonyl (C=O) groups excluding carboxylic acids is 1. The minimum atomic E-state index is -0.129. The largest absolute Gasteiger partial charge is 0.300 e. The fraction of sp³-hybridized carbons (Fsp3) is 0.357. The summed E-state index contributed by atoms with van der Waals surface area (Å²) in [7, 11) is 0. The van der Waals surface area contributed by atoms with E-state index in [1.807, 2.05) is 37.3 Å². The number of benzene rings is 1. The van der Waals surface area contributed by atoms with Gasteiger partial charge in [0.15, 0.2) is 0 Å². The van der Waals surface area contributed by atoms with Gasteiger partial charge in [0, 0.05) is 0 Å². The summed E-state index contributed by atoms with van der Waals surface area (Å²) in [6.07, 6.45) is 1.79. The van der Waals surface area contributed by atoms with Gasteiger partial charge in [-0.2, -0.15) is 0 Å². The van der Waals surface area contributed by atoms with E-state index >= 15 is 0 Å². The highest BCUT2D eigenvalue weighted by Gasteiger charge is 2.20. The molecule has 2 rings (SSSR count). The molecule has 0 fully saturated rings. The van der Waals surface area contributed by atoms with E-state index in [9.17, 15) is 4.79 Å². The molecule has 1 aromatic heterocycles. The fourth-order valence-corrected chi connectivity index (χ4v) is 2.56. The fourth-order valence-electron chi connectivity index (χ4n) is 1.96. The summed E-state index contributed by atoms with van der Waals surface area (Å²) in [6.45, 7) is 3.95. The van der Waals surface area contributed by atoms with Crippen molar-refractivity contribution in [2.45, 2.75) is 32.6 Å². The second-order valence-corrected chi connectivity index (χ2v) is 5.55. The molecule has 0 aliphatic rings. The number of rotatable bonds is 5. The molecule has 0 radical (unpaired) electrons. The van der Waals surface area contributed by atoms with Gasteiger partial charge in [-0.15, -0.1) is 10.2 Å². The van der Waals surface area contributed by atoms with Crippen LogP contribution in [0.25, 0.3) is 0 Å². The molecule has 1 amide bonds. The predicted octanol–water partition coefficient (Wildman–Crippen LogP) is 3.37. The van der Waals surface area contributed by atoms with Gasteiger partial charge in [0.25, 0.3) is 0 Å². The number of nitrogens with zero attached hydrogens (tertiary/aromatic N) is 2. The number of nitrogens with one attached hydrogen (secondary N) is 1. The van der Waals surface area contributed by atoms with Crippen molar-refractivity contribution < 1.29 is 4.79 Å². The Balaban J connectivity index is 2.13. The molecule has 0 saturated heterocycles. The van der Waals surface area contributed by atoms with E-state index in [1.165, 1.54) is 11.3 Å². The summed E-state index contributed by atoms with van der Waals surface area (Å²) >= 11 is 1.39. The molecule has 0 aliphatic heterocycles. The lowest BCUT2D eigenvalue weighted by atomic mass is 9.94. The van der Waals surface area contributed by atoms with Gasteiger partial charge < -0.3 is 0 Å². The molecular formula is C14H17N3OS. The number of amides is 1. The smallest absolute Gasteiger partial charge is 0.233 e.